The Hall–Kier alpha value is -2.16. The van der Waals surface area contributed by atoms with Crippen molar-refractivity contribution in [1.29, 1.82) is 0 Å². The minimum Gasteiger partial charge on any atom is -0.480 e. The van der Waals surface area contributed by atoms with Gasteiger partial charge in [-0.1, -0.05) is 0 Å². The van der Waals surface area contributed by atoms with Crippen LogP contribution < -0.4 is 16.4 Å². The first-order chi connectivity index (χ1) is 9.45. The first-order valence-electron chi connectivity index (χ1n) is 6.21. The van der Waals surface area contributed by atoms with Crippen LogP contribution in [-0.2, 0) is 19.2 Å². The van der Waals surface area contributed by atoms with Crippen molar-refractivity contribution in [3.05, 3.63) is 0 Å². The zero-order valence-electron chi connectivity index (χ0n) is 10.9. The molecule has 1 heterocycles. The highest BCUT2D eigenvalue weighted by atomic mass is 16.4. The molecular formula is C11H18N4O5. The number of amides is 3. The maximum atomic E-state index is 11.8. The molecular weight excluding hydrogens is 268 g/mol. The molecule has 0 aromatic rings. The number of carbonyl (C=O) groups is 4. The molecule has 0 unspecified atom stereocenters. The summed E-state index contributed by atoms with van der Waals surface area (Å²) in [6.07, 6.45) is 1.05. The second kappa shape index (κ2) is 7.43. The van der Waals surface area contributed by atoms with Crippen LogP contribution in [0.15, 0.2) is 0 Å². The fourth-order valence-electron chi connectivity index (χ4n) is 1.91. The lowest BCUT2D eigenvalue weighted by Gasteiger charge is -2.21. The molecule has 0 bridgehead atoms. The lowest BCUT2D eigenvalue weighted by molar-refractivity contribution is -0.148. The van der Waals surface area contributed by atoms with Gasteiger partial charge in [-0.15, -0.1) is 0 Å². The zero-order valence-corrected chi connectivity index (χ0v) is 10.9. The van der Waals surface area contributed by atoms with E-state index in [0.29, 0.717) is 19.4 Å². The van der Waals surface area contributed by atoms with Crippen molar-refractivity contribution in [2.24, 2.45) is 5.73 Å². The van der Waals surface area contributed by atoms with E-state index < -0.39 is 29.7 Å². The molecule has 0 spiro atoms. The highest BCUT2D eigenvalue weighted by molar-refractivity contribution is 5.90. The largest absolute Gasteiger partial charge is 0.480 e. The summed E-state index contributed by atoms with van der Waals surface area (Å²) in [5.74, 6) is -2.51. The van der Waals surface area contributed by atoms with Gasteiger partial charge in [0.15, 0.2) is 0 Å². The van der Waals surface area contributed by atoms with E-state index in [1.165, 1.54) is 4.90 Å². The number of carboxylic acids is 1. The number of hydrogen-bond donors (Lipinski definition) is 4. The quantitative estimate of drug-likeness (QED) is 0.417. The summed E-state index contributed by atoms with van der Waals surface area (Å²) in [5, 5.41) is 13.5. The van der Waals surface area contributed by atoms with Crippen molar-refractivity contribution in [3.8, 4) is 0 Å². The molecule has 0 aromatic carbocycles. The lowest BCUT2D eigenvalue weighted by Crippen LogP contribution is -2.47. The predicted octanol–water partition coefficient (Wildman–Crippen LogP) is -2.75. The van der Waals surface area contributed by atoms with Crippen LogP contribution >= 0.6 is 0 Å². The van der Waals surface area contributed by atoms with E-state index in [1.807, 2.05) is 0 Å². The second-order valence-corrected chi connectivity index (χ2v) is 4.34. The van der Waals surface area contributed by atoms with Crippen molar-refractivity contribution in [1.82, 2.24) is 15.5 Å². The van der Waals surface area contributed by atoms with Crippen molar-refractivity contribution in [2.75, 3.05) is 26.2 Å². The van der Waals surface area contributed by atoms with Gasteiger partial charge in [-0.2, -0.15) is 0 Å². The summed E-state index contributed by atoms with van der Waals surface area (Å²) in [5.41, 5.74) is 5.05. The molecule has 0 aliphatic carbocycles. The fraction of sp³-hybridized carbons (Fsp3) is 0.636. The summed E-state index contributed by atoms with van der Waals surface area (Å²) < 4.78 is 0. The molecule has 9 nitrogen and oxygen atoms in total. The summed E-state index contributed by atoms with van der Waals surface area (Å²) in [6, 6.07) is -0.823. The molecule has 1 fully saturated rings. The average molecular weight is 286 g/mol. The van der Waals surface area contributed by atoms with E-state index in [1.54, 1.807) is 0 Å². The van der Waals surface area contributed by atoms with Gasteiger partial charge in [0.25, 0.3) is 0 Å². The van der Waals surface area contributed by atoms with Crippen LogP contribution in [0.25, 0.3) is 0 Å². The van der Waals surface area contributed by atoms with Crippen LogP contribution in [0.3, 0.4) is 0 Å². The average Bonchev–Trinajstić information content (AvgIpc) is 2.91. The van der Waals surface area contributed by atoms with Gasteiger partial charge in [-0.05, 0) is 12.8 Å². The molecule has 1 saturated heterocycles. The Morgan fingerprint density at radius 1 is 1.15 bits per heavy atom. The number of likely N-dealkylation sites (tertiary alicyclic amines) is 1. The van der Waals surface area contributed by atoms with Gasteiger partial charge in [0, 0.05) is 6.54 Å². The first kappa shape index (κ1) is 15.9. The molecule has 1 atom stereocenters. The highest BCUT2D eigenvalue weighted by Gasteiger charge is 2.33. The van der Waals surface area contributed by atoms with Gasteiger partial charge in [0.05, 0.1) is 19.6 Å². The Morgan fingerprint density at radius 2 is 1.80 bits per heavy atom. The maximum Gasteiger partial charge on any atom is 0.326 e. The van der Waals surface area contributed by atoms with Crippen LogP contribution in [0, 0.1) is 0 Å². The van der Waals surface area contributed by atoms with E-state index in [2.05, 4.69) is 10.6 Å². The van der Waals surface area contributed by atoms with E-state index in [9.17, 15) is 19.2 Å². The molecule has 9 heteroatoms. The predicted molar refractivity (Wildman–Crippen MR) is 67.4 cm³/mol. The van der Waals surface area contributed by atoms with Gasteiger partial charge >= 0.3 is 5.97 Å². The number of nitrogens with two attached hydrogens (primary N) is 1. The second-order valence-electron chi connectivity index (χ2n) is 4.34. The molecule has 0 radical (unpaired) electrons. The number of hydrogen-bond acceptors (Lipinski definition) is 5. The number of carboxylic acid groups (broad SMARTS) is 1. The standard InChI is InChI=1S/C11H18N4O5/c12-4-8(16)13-5-9(17)14-6-10(18)15-3-1-2-7(15)11(19)20/h7H,1-6,12H2,(H,13,16)(H,14,17)(H,19,20)/t7-/m0/s1. The van der Waals surface area contributed by atoms with Crippen molar-refractivity contribution >= 4 is 23.7 Å². The fourth-order valence-corrected chi connectivity index (χ4v) is 1.91. The van der Waals surface area contributed by atoms with E-state index >= 15 is 0 Å². The van der Waals surface area contributed by atoms with Crippen LogP contribution in [0.4, 0.5) is 0 Å². The number of rotatable bonds is 6. The van der Waals surface area contributed by atoms with Crippen molar-refractivity contribution < 1.29 is 24.3 Å². The minimum absolute atomic E-state index is 0.222. The highest BCUT2D eigenvalue weighted by Crippen LogP contribution is 2.16. The molecule has 1 aliphatic rings. The lowest BCUT2D eigenvalue weighted by atomic mass is 10.2. The molecule has 1 rings (SSSR count). The van der Waals surface area contributed by atoms with E-state index in [-0.39, 0.29) is 19.6 Å². The van der Waals surface area contributed by atoms with Gasteiger partial charge < -0.3 is 26.4 Å². The summed E-state index contributed by atoms with van der Waals surface area (Å²) in [7, 11) is 0. The number of nitrogens with one attached hydrogen (secondary N) is 2. The van der Waals surface area contributed by atoms with Crippen LogP contribution in [-0.4, -0.2) is 65.9 Å². The third-order valence-corrected chi connectivity index (χ3v) is 2.93. The summed E-state index contributed by atoms with van der Waals surface area (Å²) >= 11 is 0. The SMILES string of the molecule is NCC(=O)NCC(=O)NCC(=O)N1CCC[C@H]1C(=O)O. The first-order valence-corrected chi connectivity index (χ1v) is 6.21. The van der Waals surface area contributed by atoms with Crippen molar-refractivity contribution in [3.63, 3.8) is 0 Å². The molecule has 0 saturated carbocycles. The molecule has 5 N–H and O–H groups in total. The van der Waals surface area contributed by atoms with E-state index in [4.69, 9.17) is 10.8 Å². The van der Waals surface area contributed by atoms with Crippen LogP contribution in [0.2, 0.25) is 0 Å². The number of carbonyl (C=O) groups excluding carboxylic acids is 3. The topological polar surface area (TPSA) is 142 Å². The smallest absolute Gasteiger partial charge is 0.326 e. The van der Waals surface area contributed by atoms with E-state index in [0.717, 1.165) is 0 Å². The Bertz CT molecular complexity index is 412. The van der Waals surface area contributed by atoms with Gasteiger partial charge in [0.1, 0.15) is 6.04 Å². The van der Waals surface area contributed by atoms with Crippen LogP contribution in [0.1, 0.15) is 12.8 Å². The Morgan fingerprint density at radius 3 is 2.40 bits per heavy atom. The van der Waals surface area contributed by atoms with Gasteiger partial charge in [0.2, 0.25) is 17.7 Å². The van der Waals surface area contributed by atoms with Gasteiger partial charge in [-0.25, -0.2) is 4.79 Å². The number of nitrogens with zero attached hydrogens (tertiary/aromatic N) is 1. The maximum absolute atomic E-state index is 11.8. The molecule has 20 heavy (non-hydrogen) atoms. The Labute approximate surface area is 115 Å². The Balaban J connectivity index is 2.34. The molecule has 3 amide bonds. The van der Waals surface area contributed by atoms with Gasteiger partial charge in [-0.3, -0.25) is 14.4 Å². The monoisotopic (exact) mass is 286 g/mol. The molecule has 112 valence electrons. The zero-order chi connectivity index (χ0) is 15.1. The third-order valence-electron chi connectivity index (χ3n) is 2.93. The van der Waals surface area contributed by atoms with Crippen molar-refractivity contribution in [2.45, 2.75) is 18.9 Å². The van der Waals surface area contributed by atoms with Crippen LogP contribution in [0.5, 0.6) is 0 Å². The number of aliphatic carboxylic acids is 1. The third kappa shape index (κ3) is 4.50. The summed E-state index contributed by atoms with van der Waals surface area (Å²) in [6.45, 7) is -0.414. The minimum atomic E-state index is -1.04. The molecule has 0 aromatic heterocycles. The Kier molecular flexibility index (Phi) is 5.91. The summed E-state index contributed by atoms with van der Waals surface area (Å²) in [4.78, 5) is 46.1. The molecule has 1 aliphatic heterocycles. The normalized spacial score (nSPS) is 17.6.